The van der Waals surface area contributed by atoms with Crippen molar-refractivity contribution < 1.29 is 14.6 Å². The van der Waals surface area contributed by atoms with Crippen molar-refractivity contribution in [2.45, 2.75) is 32.3 Å². The summed E-state index contributed by atoms with van der Waals surface area (Å²) in [5, 5.41) is 13.1. The molecule has 0 fully saturated rings. The highest BCUT2D eigenvalue weighted by molar-refractivity contribution is 5.50. The van der Waals surface area contributed by atoms with Crippen LogP contribution in [-0.4, -0.2) is 32.9 Å². The lowest BCUT2D eigenvalue weighted by molar-refractivity contribution is 0.173. The molecule has 0 amide bonds. The Bertz CT molecular complexity index is 424. The van der Waals surface area contributed by atoms with Crippen molar-refractivity contribution in [3.63, 3.8) is 0 Å². The summed E-state index contributed by atoms with van der Waals surface area (Å²) >= 11 is 0. The molecule has 0 radical (unpaired) electrons. The van der Waals surface area contributed by atoms with Gasteiger partial charge in [-0.2, -0.15) is 0 Å². The second-order valence-corrected chi connectivity index (χ2v) is 5.62. The van der Waals surface area contributed by atoms with Gasteiger partial charge in [-0.1, -0.05) is 20.8 Å². The molecule has 1 unspecified atom stereocenters. The van der Waals surface area contributed by atoms with Crippen LogP contribution in [0.25, 0.3) is 0 Å². The largest absolute Gasteiger partial charge is 0.496 e. The van der Waals surface area contributed by atoms with Crippen LogP contribution in [0.5, 0.6) is 11.5 Å². The third-order valence-corrected chi connectivity index (χ3v) is 3.12. The lowest BCUT2D eigenvalue weighted by atomic mass is 9.85. The lowest BCUT2D eigenvalue weighted by Crippen LogP contribution is -2.19. The van der Waals surface area contributed by atoms with Gasteiger partial charge in [-0.25, -0.2) is 0 Å². The number of methoxy groups -OCH3 is 2. The SMILES string of the molecule is CNCC(O)c1cc(OC)c(C(C)(C)C)cc1OC. The number of rotatable bonds is 5. The van der Waals surface area contributed by atoms with Crippen molar-refractivity contribution in [3.8, 4) is 11.5 Å². The van der Waals surface area contributed by atoms with Crippen molar-refractivity contribution in [3.05, 3.63) is 23.3 Å². The quantitative estimate of drug-likeness (QED) is 0.859. The minimum Gasteiger partial charge on any atom is -0.496 e. The maximum atomic E-state index is 10.1. The number of hydrogen-bond acceptors (Lipinski definition) is 4. The summed E-state index contributed by atoms with van der Waals surface area (Å²) in [5.41, 5.74) is 1.75. The first-order valence-corrected chi connectivity index (χ1v) is 6.44. The summed E-state index contributed by atoms with van der Waals surface area (Å²) in [6.07, 6.45) is -0.622. The van der Waals surface area contributed by atoms with Crippen LogP contribution in [0.3, 0.4) is 0 Å². The molecule has 0 aliphatic heterocycles. The van der Waals surface area contributed by atoms with E-state index in [0.717, 1.165) is 16.9 Å². The molecular formula is C15H25NO3. The topological polar surface area (TPSA) is 50.7 Å². The van der Waals surface area contributed by atoms with Crippen LogP contribution in [0, 0.1) is 0 Å². The van der Waals surface area contributed by atoms with Crippen LogP contribution in [0.4, 0.5) is 0 Å². The van der Waals surface area contributed by atoms with E-state index in [2.05, 4.69) is 26.1 Å². The summed E-state index contributed by atoms with van der Waals surface area (Å²) in [6, 6.07) is 3.81. The van der Waals surface area contributed by atoms with Gasteiger partial charge in [0.05, 0.1) is 20.3 Å². The molecule has 1 aromatic carbocycles. The Balaban J connectivity index is 3.35. The van der Waals surface area contributed by atoms with E-state index in [0.29, 0.717) is 12.3 Å². The number of aliphatic hydroxyl groups excluding tert-OH is 1. The summed E-state index contributed by atoms with van der Waals surface area (Å²) in [4.78, 5) is 0. The highest BCUT2D eigenvalue weighted by Crippen LogP contribution is 2.38. The van der Waals surface area contributed by atoms with Crippen molar-refractivity contribution in [1.82, 2.24) is 5.32 Å². The van der Waals surface area contributed by atoms with Crippen molar-refractivity contribution in [2.24, 2.45) is 0 Å². The number of nitrogens with one attached hydrogen (secondary N) is 1. The Morgan fingerprint density at radius 1 is 1.16 bits per heavy atom. The molecule has 2 N–H and O–H groups in total. The smallest absolute Gasteiger partial charge is 0.125 e. The first kappa shape index (κ1) is 15.8. The van der Waals surface area contributed by atoms with E-state index in [-0.39, 0.29) is 5.41 Å². The van der Waals surface area contributed by atoms with Gasteiger partial charge < -0.3 is 19.9 Å². The highest BCUT2D eigenvalue weighted by Gasteiger charge is 2.23. The Kier molecular flexibility index (Phi) is 5.20. The molecule has 108 valence electrons. The van der Waals surface area contributed by atoms with Crippen LogP contribution in [-0.2, 0) is 5.41 Å². The van der Waals surface area contributed by atoms with Crippen molar-refractivity contribution in [2.75, 3.05) is 27.8 Å². The minimum atomic E-state index is -0.622. The predicted molar refractivity (Wildman–Crippen MR) is 77.1 cm³/mol. The fourth-order valence-electron chi connectivity index (χ4n) is 2.07. The maximum Gasteiger partial charge on any atom is 0.125 e. The molecule has 4 heteroatoms. The Morgan fingerprint density at radius 3 is 2.16 bits per heavy atom. The lowest BCUT2D eigenvalue weighted by Gasteiger charge is -2.25. The van der Waals surface area contributed by atoms with Gasteiger partial charge in [0.15, 0.2) is 0 Å². The normalized spacial score (nSPS) is 13.2. The van der Waals surface area contributed by atoms with Crippen LogP contribution in [0.15, 0.2) is 12.1 Å². The zero-order valence-electron chi connectivity index (χ0n) is 12.7. The Labute approximate surface area is 115 Å². The van der Waals surface area contributed by atoms with Crippen LogP contribution in [0.1, 0.15) is 38.0 Å². The van der Waals surface area contributed by atoms with Gasteiger partial charge in [0.1, 0.15) is 11.5 Å². The summed E-state index contributed by atoms with van der Waals surface area (Å²) in [7, 11) is 5.06. The number of hydrogen-bond donors (Lipinski definition) is 2. The molecule has 1 aromatic rings. The first-order valence-electron chi connectivity index (χ1n) is 6.44. The third kappa shape index (κ3) is 3.61. The number of ether oxygens (including phenoxy) is 2. The second kappa shape index (κ2) is 6.26. The van der Waals surface area contributed by atoms with Gasteiger partial charge in [-0.3, -0.25) is 0 Å². The monoisotopic (exact) mass is 267 g/mol. The van der Waals surface area contributed by atoms with E-state index in [1.54, 1.807) is 21.3 Å². The van der Waals surface area contributed by atoms with Gasteiger partial charge in [0.2, 0.25) is 0 Å². The average molecular weight is 267 g/mol. The molecule has 0 spiro atoms. The van der Waals surface area contributed by atoms with Crippen LogP contribution >= 0.6 is 0 Å². The van der Waals surface area contributed by atoms with E-state index in [4.69, 9.17) is 9.47 Å². The van der Waals surface area contributed by atoms with Crippen molar-refractivity contribution >= 4 is 0 Å². The first-order chi connectivity index (χ1) is 8.85. The summed E-state index contributed by atoms with van der Waals surface area (Å²) < 4.78 is 10.9. The Hall–Kier alpha value is -1.26. The molecule has 1 rings (SSSR count). The maximum absolute atomic E-state index is 10.1. The summed E-state index contributed by atoms with van der Waals surface area (Å²) in [5.74, 6) is 1.46. The van der Waals surface area contributed by atoms with Gasteiger partial charge in [0.25, 0.3) is 0 Å². The van der Waals surface area contributed by atoms with Gasteiger partial charge in [-0.05, 0) is 24.6 Å². The summed E-state index contributed by atoms with van der Waals surface area (Å²) in [6.45, 7) is 6.82. The van der Waals surface area contributed by atoms with Gasteiger partial charge in [-0.15, -0.1) is 0 Å². The fourth-order valence-corrected chi connectivity index (χ4v) is 2.07. The third-order valence-electron chi connectivity index (χ3n) is 3.12. The zero-order chi connectivity index (χ0) is 14.6. The highest BCUT2D eigenvalue weighted by atomic mass is 16.5. The average Bonchev–Trinajstić information content (AvgIpc) is 2.36. The van der Waals surface area contributed by atoms with E-state index in [9.17, 15) is 5.11 Å². The molecule has 19 heavy (non-hydrogen) atoms. The number of benzene rings is 1. The molecule has 0 bridgehead atoms. The molecule has 0 aromatic heterocycles. The number of aliphatic hydroxyl groups is 1. The van der Waals surface area contributed by atoms with E-state index < -0.39 is 6.10 Å². The Morgan fingerprint density at radius 2 is 1.74 bits per heavy atom. The molecule has 4 nitrogen and oxygen atoms in total. The predicted octanol–water partition coefficient (Wildman–Crippen LogP) is 2.25. The molecule has 1 atom stereocenters. The second-order valence-electron chi connectivity index (χ2n) is 5.62. The van der Waals surface area contributed by atoms with E-state index >= 15 is 0 Å². The zero-order valence-corrected chi connectivity index (χ0v) is 12.7. The standard InChI is InChI=1S/C15H25NO3/c1-15(2,3)11-8-13(18-5)10(7-14(11)19-6)12(17)9-16-4/h7-8,12,16-17H,9H2,1-6H3. The molecular weight excluding hydrogens is 242 g/mol. The van der Waals surface area contributed by atoms with Crippen LogP contribution < -0.4 is 14.8 Å². The molecule has 0 heterocycles. The van der Waals surface area contributed by atoms with Crippen molar-refractivity contribution in [1.29, 1.82) is 0 Å². The molecule has 0 aliphatic rings. The minimum absolute atomic E-state index is 0.0505. The molecule has 0 saturated heterocycles. The van der Waals surface area contributed by atoms with Gasteiger partial charge >= 0.3 is 0 Å². The van der Waals surface area contributed by atoms with Gasteiger partial charge in [0, 0.05) is 17.7 Å². The van der Waals surface area contributed by atoms with E-state index in [1.807, 2.05) is 12.1 Å². The molecule has 0 saturated carbocycles. The van der Waals surface area contributed by atoms with Crippen LogP contribution in [0.2, 0.25) is 0 Å². The molecule has 0 aliphatic carbocycles. The van der Waals surface area contributed by atoms with E-state index in [1.165, 1.54) is 0 Å². The fraction of sp³-hybridized carbons (Fsp3) is 0.600. The number of likely N-dealkylation sites (N-methyl/N-ethyl adjacent to an activating group) is 1.